The van der Waals surface area contributed by atoms with Crippen molar-refractivity contribution >= 4 is 0 Å². The number of hydrogen-bond donors (Lipinski definition) is 2. The first kappa shape index (κ1) is 17.2. The third-order valence-electron chi connectivity index (χ3n) is 3.85. The van der Waals surface area contributed by atoms with E-state index < -0.39 is 0 Å². The zero-order valence-electron chi connectivity index (χ0n) is 12.9. The normalized spacial score (nSPS) is 11.2. The van der Waals surface area contributed by atoms with Gasteiger partial charge in [0.1, 0.15) is 0 Å². The highest BCUT2D eigenvalue weighted by Gasteiger charge is 1.96. The minimum Gasteiger partial charge on any atom is -0.316 e. The van der Waals surface area contributed by atoms with E-state index >= 15 is 0 Å². The topological polar surface area (TPSA) is 52.0 Å². The third kappa shape index (κ3) is 9.99. The van der Waals surface area contributed by atoms with Crippen molar-refractivity contribution < 1.29 is 0 Å². The Kier molecular flexibility index (Phi) is 10.3. The summed E-state index contributed by atoms with van der Waals surface area (Å²) in [5.74, 6) is 0. The highest BCUT2D eigenvalue weighted by molar-refractivity contribution is 5.14. The van der Waals surface area contributed by atoms with Gasteiger partial charge in [-0.1, -0.05) is 81.7 Å². The lowest BCUT2D eigenvalue weighted by Crippen LogP contribution is -2.29. The standard InChI is InChI=1S/C18H32N2/c19-18(20)16-12-7-5-3-1-2-4-6-9-13-17-14-10-8-11-15-17/h8,10-11,14-15,18H,1-7,9,12-13,16,19-20H2. The maximum absolute atomic E-state index is 5.52. The van der Waals surface area contributed by atoms with Gasteiger partial charge < -0.3 is 11.5 Å². The molecule has 0 spiro atoms. The first-order chi connectivity index (χ1) is 9.79. The summed E-state index contributed by atoms with van der Waals surface area (Å²) in [5.41, 5.74) is 12.5. The first-order valence-electron chi connectivity index (χ1n) is 8.34. The van der Waals surface area contributed by atoms with E-state index in [0.717, 1.165) is 6.42 Å². The van der Waals surface area contributed by atoms with Gasteiger partial charge in [-0.05, 0) is 24.8 Å². The number of rotatable bonds is 12. The Morgan fingerprint density at radius 1 is 0.650 bits per heavy atom. The van der Waals surface area contributed by atoms with E-state index in [1.165, 1.54) is 69.8 Å². The van der Waals surface area contributed by atoms with Crippen LogP contribution in [0, 0.1) is 0 Å². The molecule has 0 radical (unpaired) electrons. The van der Waals surface area contributed by atoms with Crippen LogP contribution >= 0.6 is 0 Å². The summed E-state index contributed by atoms with van der Waals surface area (Å²) < 4.78 is 0. The average molecular weight is 276 g/mol. The third-order valence-corrected chi connectivity index (χ3v) is 3.85. The van der Waals surface area contributed by atoms with Crippen molar-refractivity contribution in [3.8, 4) is 0 Å². The maximum Gasteiger partial charge on any atom is 0.0520 e. The zero-order valence-corrected chi connectivity index (χ0v) is 12.9. The number of aryl methyl sites for hydroxylation is 1. The molecule has 0 bridgehead atoms. The lowest BCUT2D eigenvalue weighted by Gasteiger charge is -2.05. The van der Waals surface area contributed by atoms with Crippen molar-refractivity contribution in [1.29, 1.82) is 0 Å². The molecule has 20 heavy (non-hydrogen) atoms. The SMILES string of the molecule is NC(N)CCCCCCCCCCCc1ccccc1. The molecular formula is C18H32N2. The summed E-state index contributed by atoms with van der Waals surface area (Å²) in [6, 6.07) is 10.8. The fourth-order valence-corrected chi connectivity index (χ4v) is 2.59. The molecule has 114 valence electrons. The van der Waals surface area contributed by atoms with Gasteiger partial charge in [-0.15, -0.1) is 0 Å². The molecule has 1 aromatic rings. The molecular weight excluding hydrogens is 244 g/mol. The van der Waals surface area contributed by atoms with Crippen LogP contribution in [0.3, 0.4) is 0 Å². The Balaban J connectivity index is 1.79. The van der Waals surface area contributed by atoms with E-state index in [9.17, 15) is 0 Å². The van der Waals surface area contributed by atoms with Gasteiger partial charge in [0.05, 0.1) is 6.17 Å². The molecule has 0 unspecified atom stereocenters. The molecule has 1 aromatic carbocycles. The van der Waals surface area contributed by atoms with Crippen molar-refractivity contribution in [2.75, 3.05) is 0 Å². The molecule has 2 nitrogen and oxygen atoms in total. The summed E-state index contributed by atoms with van der Waals surface area (Å²) in [6.45, 7) is 0. The van der Waals surface area contributed by atoms with E-state index in [1.54, 1.807) is 0 Å². The molecule has 0 atom stereocenters. The average Bonchev–Trinajstić information content (AvgIpc) is 2.45. The lowest BCUT2D eigenvalue weighted by atomic mass is 10.0. The van der Waals surface area contributed by atoms with Crippen LogP contribution < -0.4 is 11.5 Å². The van der Waals surface area contributed by atoms with Gasteiger partial charge in [0.15, 0.2) is 0 Å². The highest BCUT2D eigenvalue weighted by atomic mass is 14.8. The zero-order chi connectivity index (χ0) is 14.5. The molecule has 0 aliphatic heterocycles. The monoisotopic (exact) mass is 276 g/mol. The van der Waals surface area contributed by atoms with E-state index in [0.29, 0.717) is 0 Å². The molecule has 0 aromatic heterocycles. The Morgan fingerprint density at radius 2 is 1.15 bits per heavy atom. The first-order valence-corrected chi connectivity index (χ1v) is 8.34. The Bertz CT molecular complexity index is 308. The second-order valence-electron chi connectivity index (χ2n) is 5.87. The van der Waals surface area contributed by atoms with Crippen molar-refractivity contribution in [3.05, 3.63) is 35.9 Å². The number of hydrogen-bond acceptors (Lipinski definition) is 2. The van der Waals surface area contributed by atoms with Crippen LogP contribution in [0.5, 0.6) is 0 Å². The van der Waals surface area contributed by atoms with Crippen LogP contribution in [0.25, 0.3) is 0 Å². The van der Waals surface area contributed by atoms with Crippen molar-refractivity contribution in [1.82, 2.24) is 0 Å². The Hall–Kier alpha value is -0.860. The number of benzene rings is 1. The fraction of sp³-hybridized carbons (Fsp3) is 0.667. The van der Waals surface area contributed by atoms with Gasteiger partial charge in [0, 0.05) is 0 Å². The van der Waals surface area contributed by atoms with Gasteiger partial charge in [-0.25, -0.2) is 0 Å². The van der Waals surface area contributed by atoms with Crippen LogP contribution in [0.1, 0.15) is 69.8 Å². The molecule has 1 rings (SSSR count). The van der Waals surface area contributed by atoms with E-state index in [2.05, 4.69) is 30.3 Å². The van der Waals surface area contributed by atoms with E-state index in [4.69, 9.17) is 11.5 Å². The van der Waals surface area contributed by atoms with Gasteiger partial charge in [0.25, 0.3) is 0 Å². The maximum atomic E-state index is 5.52. The summed E-state index contributed by atoms with van der Waals surface area (Å²) >= 11 is 0. The summed E-state index contributed by atoms with van der Waals surface area (Å²) in [4.78, 5) is 0. The van der Waals surface area contributed by atoms with Crippen LogP contribution in [-0.4, -0.2) is 6.17 Å². The summed E-state index contributed by atoms with van der Waals surface area (Å²) in [7, 11) is 0. The van der Waals surface area contributed by atoms with Crippen molar-refractivity contribution in [3.63, 3.8) is 0 Å². The summed E-state index contributed by atoms with van der Waals surface area (Å²) in [6.07, 6.45) is 14.2. The minimum atomic E-state index is -0.111. The van der Waals surface area contributed by atoms with Gasteiger partial charge in [-0.2, -0.15) is 0 Å². The second kappa shape index (κ2) is 11.9. The predicted octanol–water partition coefficient (Wildman–Crippen LogP) is 4.37. The molecule has 2 heteroatoms. The smallest absolute Gasteiger partial charge is 0.0520 e. The van der Waals surface area contributed by atoms with Crippen molar-refractivity contribution in [2.24, 2.45) is 11.5 Å². The van der Waals surface area contributed by atoms with Gasteiger partial charge >= 0.3 is 0 Å². The minimum absolute atomic E-state index is 0.111. The van der Waals surface area contributed by atoms with Crippen LogP contribution in [0.15, 0.2) is 30.3 Å². The number of nitrogens with two attached hydrogens (primary N) is 2. The Morgan fingerprint density at radius 3 is 1.70 bits per heavy atom. The van der Waals surface area contributed by atoms with Crippen molar-refractivity contribution in [2.45, 2.75) is 76.8 Å². The number of unbranched alkanes of at least 4 members (excludes halogenated alkanes) is 8. The molecule has 0 aliphatic carbocycles. The molecule has 0 aliphatic rings. The quantitative estimate of drug-likeness (QED) is 0.440. The largest absolute Gasteiger partial charge is 0.316 e. The molecule has 4 N–H and O–H groups in total. The molecule has 0 saturated heterocycles. The van der Waals surface area contributed by atoms with Crippen LogP contribution in [-0.2, 0) is 6.42 Å². The molecule has 0 amide bonds. The fourth-order valence-electron chi connectivity index (χ4n) is 2.59. The van der Waals surface area contributed by atoms with Crippen LogP contribution in [0.2, 0.25) is 0 Å². The van der Waals surface area contributed by atoms with Gasteiger partial charge in [-0.3, -0.25) is 0 Å². The lowest BCUT2D eigenvalue weighted by molar-refractivity contribution is 0.528. The highest BCUT2D eigenvalue weighted by Crippen LogP contribution is 2.12. The molecule has 0 heterocycles. The van der Waals surface area contributed by atoms with Crippen LogP contribution in [0.4, 0.5) is 0 Å². The summed E-state index contributed by atoms with van der Waals surface area (Å²) in [5, 5.41) is 0. The van der Waals surface area contributed by atoms with E-state index in [-0.39, 0.29) is 6.17 Å². The predicted molar refractivity (Wildman–Crippen MR) is 88.5 cm³/mol. The Labute approximate surface area is 124 Å². The molecule has 0 saturated carbocycles. The second-order valence-corrected chi connectivity index (χ2v) is 5.87. The molecule has 0 fully saturated rings. The van der Waals surface area contributed by atoms with E-state index in [1.807, 2.05) is 0 Å². The van der Waals surface area contributed by atoms with Gasteiger partial charge in [0.2, 0.25) is 0 Å².